The number of aryl methyl sites for hydroxylation is 1. The van der Waals surface area contributed by atoms with Gasteiger partial charge in [0.25, 0.3) is 5.91 Å². The van der Waals surface area contributed by atoms with Crippen LogP contribution in [0.25, 0.3) is 10.6 Å². The van der Waals surface area contributed by atoms with Gasteiger partial charge in [-0.15, -0.1) is 11.3 Å². The average molecular weight is 531 g/mol. The highest BCUT2D eigenvalue weighted by Gasteiger charge is 2.21. The number of rotatable bonds is 11. The highest BCUT2D eigenvalue weighted by Crippen LogP contribution is 2.28. The van der Waals surface area contributed by atoms with E-state index >= 15 is 0 Å². The molecule has 1 aromatic heterocycles. The Kier molecular flexibility index (Phi) is 9.87. The monoisotopic (exact) mass is 530 g/mol. The van der Waals surface area contributed by atoms with Crippen molar-refractivity contribution in [2.24, 2.45) is 0 Å². The first-order chi connectivity index (χ1) is 17.2. The molecule has 2 aliphatic rings. The Bertz CT molecular complexity index is 1290. The number of nitrogens with one attached hydrogen (secondary N) is 1. The minimum Gasteiger partial charge on any atom is -0.493 e. The Balaban J connectivity index is 0.000000297. The van der Waals surface area contributed by atoms with E-state index in [0.717, 1.165) is 34.2 Å². The van der Waals surface area contributed by atoms with Gasteiger partial charge in [0.15, 0.2) is 6.10 Å². The molecule has 0 saturated carbocycles. The van der Waals surface area contributed by atoms with Gasteiger partial charge >= 0.3 is 5.97 Å². The minimum absolute atomic E-state index is 0.187. The van der Waals surface area contributed by atoms with Gasteiger partial charge in [-0.2, -0.15) is 0 Å². The van der Waals surface area contributed by atoms with Crippen molar-refractivity contribution in [1.82, 2.24) is 10.3 Å². The van der Waals surface area contributed by atoms with Crippen molar-refractivity contribution in [3.63, 3.8) is 0 Å². The van der Waals surface area contributed by atoms with Crippen LogP contribution in [0.2, 0.25) is 5.02 Å². The van der Waals surface area contributed by atoms with Crippen molar-refractivity contribution in [1.29, 1.82) is 0 Å². The van der Waals surface area contributed by atoms with Gasteiger partial charge in [-0.25, -0.2) is 9.78 Å². The standard InChI is InChI=1S/C18H21ClN2O4S.C9H10O/c1-10(2)25-14(18(23)24)8-9-20-16(22)15-11(3)26-17(21-15)12-4-6-13(19)7-5-12;1-2-5-10-9-6-7-3-4-8(7)9/h4-7,10,14H,8-9H2,1-3H3,(H,20,22)(H,23,24);3-4,6H,2,5H2,1H3. The van der Waals surface area contributed by atoms with E-state index in [2.05, 4.69) is 35.4 Å². The van der Waals surface area contributed by atoms with Crippen molar-refractivity contribution >= 4 is 34.8 Å². The third-order valence-electron chi connectivity index (χ3n) is 5.26. The van der Waals surface area contributed by atoms with Gasteiger partial charge in [0.1, 0.15) is 16.5 Å². The smallest absolute Gasteiger partial charge is 0.332 e. The molecular formula is C27H31ClN2O5S. The van der Waals surface area contributed by atoms with Gasteiger partial charge < -0.3 is 19.9 Å². The quantitative estimate of drug-likeness (QED) is 0.252. The zero-order valence-corrected chi connectivity index (χ0v) is 22.4. The first kappa shape index (κ1) is 27.6. The van der Waals surface area contributed by atoms with Gasteiger partial charge in [0.05, 0.1) is 12.7 Å². The number of carboxylic acids is 1. The summed E-state index contributed by atoms with van der Waals surface area (Å²) < 4.78 is 10.7. The Morgan fingerprint density at radius 1 is 1.17 bits per heavy atom. The SMILES string of the molecule is CCCOc1cc2ccc1=2.Cc1sc(-c2ccc(Cl)cc2)nc1C(=O)NCCC(OC(C)C)C(=O)O. The van der Waals surface area contributed by atoms with E-state index in [-0.39, 0.29) is 25.0 Å². The molecule has 0 spiro atoms. The van der Waals surface area contributed by atoms with Crippen LogP contribution in [-0.2, 0) is 9.53 Å². The highest BCUT2D eigenvalue weighted by atomic mass is 35.5. The maximum Gasteiger partial charge on any atom is 0.332 e. The molecule has 36 heavy (non-hydrogen) atoms. The summed E-state index contributed by atoms with van der Waals surface area (Å²) in [6.45, 7) is 8.52. The van der Waals surface area contributed by atoms with Crippen LogP contribution >= 0.6 is 22.9 Å². The number of ether oxygens (including phenoxy) is 2. The van der Waals surface area contributed by atoms with Crippen LogP contribution in [0.5, 0.6) is 5.75 Å². The average Bonchev–Trinajstić information content (AvgIpc) is 3.21. The first-order valence-electron chi connectivity index (χ1n) is 11.9. The summed E-state index contributed by atoms with van der Waals surface area (Å²) >= 11 is 7.31. The van der Waals surface area contributed by atoms with Crippen LogP contribution in [-0.4, -0.2) is 47.3 Å². The number of halogens is 1. The number of hydrogen-bond donors (Lipinski definition) is 2. The molecule has 0 radical (unpaired) electrons. The minimum atomic E-state index is -1.04. The van der Waals surface area contributed by atoms with Gasteiger partial charge in [-0.3, -0.25) is 4.79 Å². The molecule has 1 unspecified atom stereocenters. The van der Waals surface area contributed by atoms with E-state index < -0.39 is 12.1 Å². The Hall–Kier alpha value is -2.94. The first-order valence-corrected chi connectivity index (χ1v) is 13.1. The van der Waals surface area contributed by atoms with Gasteiger partial charge in [-0.05, 0) is 50.6 Å². The number of amides is 1. The molecule has 1 amide bonds. The maximum absolute atomic E-state index is 12.4. The number of hydrogen-bond acceptors (Lipinski definition) is 6. The lowest BCUT2D eigenvalue weighted by Crippen LogP contribution is -2.33. The molecule has 7 nitrogen and oxygen atoms in total. The zero-order chi connectivity index (χ0) is 26.2. The maximum atomic E-state index is 12.4. The number of carbonyl (C=O) groups is 2. The van der Waals surface area contributed by atoms with Crippen LogP contribution < -0.4 is 10.1 Å². The number of thiazole rings is 1. The van der Waals surface area contributed by atoms with Crippen LogP contribution in [0.15, 0.2) is 42.5 Å². The van der Waals surface area contributed by atoms with E-state index in [1.165, 1.54) is 21.8 Å². The van der Waals surface area contributed by atoms with Gasteiger partial charge in [-0.1, -0.05) is 42.8 Å². The summed E-state index contributed by atoms with van der Waals surface area (Å²) in [6, 6.07) is 13.5. The molecule has 0 aliphatic heterocycles. The highest BCUT2D eigenvalue weighted by molar-refractivity contribution is 7.15. The zero-order valence-electron chi connectivity index (χ0n) is 20.8. The predicted molar refractivity (Wildman–Crippen MR) is 142 cm³/mol. The second-order valence-corrected chi connectivity index (χ2v) is 10.2. The largest absolute Gasteiger partial charge is 0.493 e. The summed E-state index contributed by atoms with van der Waals surface area (Å²) in [7, 11) is 0. The predicted octanol–water partition coefficient (Wildman–Crippen LogP) is 5.85. The fourth-order valence-electron chi connectivity index (χ4n) is 3.39. The summed E-state index contributed by atoms with van der Waals surface area (Å²) in [4.78, 5) is 28.7. The molecule has 0 fully saturated rings. The van der Waals surface area contributed by atoms with E-state index in [4.69, 9.17) is 26.2 Å². The molecule has 1 heterocycles. The molecule has 4 rings (SSSR count). The fraction of sp³-hybridized carbons (Fsp3) is 0.370. The summed E-state index contributed by atoms with van der Waals surface area (Å²) in [5, 5.41) is 15.9. The Morgan fingerprint density at radius 3 is 2.42 bits per heavy atom. The molecule has 2 aromatic rings. The molecule has 1 aromatic carbocycles. The van der Waals surface area contributed by atoms with Crippen molar-refractivity contribution in [2.45, 2.75) is 52.7 Å². The Labute approximate surface area is 219 Å². The van der Waals surface area contributed by atoms with Crippen LogP contribution in [0.4, 0.5) is 0 Å². The van der Waals surface area contributed by atoms with Crippen LogP contribution in [0, 0.1) is 17.4 Å². The van der Waals surface area contributed by atoms with Crippen molar-refractivity contribution < 1.29 is 24.2 Å². The number of benzene rings is 2. The van der Waals surface area contributed by atoms with Crippen molar-refractivity contribution in [3.05, 3.63) is 68.5 Å². The second kappa shape index (κ2) is 12.9. The molecule has 1 atom stereocenters. The molecule has 2 N–H and O–H groups in total. The van der Waals surface area contributed by atoms with Crippen LogP contribution in [0.1, 0.15) is 49.0 Å². The summed E-state index contributed by atoms with van der Waals surface area (Å²) in [5.74, 6) is -0.283. The van der Waals surface area contributed by atoms with Crippen molar-refractivity contribution in [2.75, 3.05) is 13.2 Å². The lowest BCUT2D eigenvalue weighted by atomic mass is 10.1. The van der Waals surface area contributed by atoms with E-state index in [1.54, 1.807) is 26.0 Å². The van der Waals surface area contributed by atoms with E-state index in [0.29, 0.717) is 10.7 Å². The number of carbonyl (C=O) groups excluding carboxylic acids is 1. The lowest BCUT2D eigenvalue weighted by Gasteiger charge is -2.16. The molecule has 192 valence electrons. The van der Waals surface area contributed by atoms with Crippen molar-refractivity contribution in [3.8, 4) is 16.3 Å². The molecular weight excluding hydrogens is 500 g/mol. The molecule has 0 saturated heterocycles. The number of aromatic nitrogens is 1. The topological polar surface area (TPSA) is 97.8 Å². The van der Waals surface area contributed by atoms with E-state index in [1.807, 2.05) is 19.1 Å². The molecule has 0 bridgehead atoms. The third kappa shape index (κ3) is 7.29. The second-order valence-electron chi connectivity index (χ2n) is 8.55. The summed E-state index contributed by atoms with van der Waals surface area (Å²) in [6.07, 6.45) is 0.127. The lowest BCUT2D eigenvalue weighted by molar-refractivity contribution is -0.153. The van der Waals surface area contributed by atoms with Gasteiger partial charge in [0.2, 0.25) is 0 Å². The number of carboxylic acid groups (broad SMARTS) is 1. The third-order valence-corrected chi connectivity index (χ3v) is 6.53. The number of nitrogens with zero attached hydrogens (tertiary/aromatic N) is 1. The van der Waals surface area contributed by atoms with E-state index in [9.17, 15) is 9.59 Å². The number of aliphatic carboxylic acids is 1. The van der Waals surface area contributed by atoms with Gasteiger partial charge in [0, 0.05) is 33.6 Å². The molecule has 9 heteroatoms. The Morgan fingerprint density at radius 2 is 1.89 bits per heavy atom. The molecule has 2 aliphatic carbocycles. The van der Waals surface area contributed by atoms with Crippen LogP contribution in [0.3, 0.4) is 0 Å². The summed E-state index contributed by atoms with van der Waals surface area (Å²) in [5.41, 5.74) is 1.23. The fourth-order valence-corrected chi connectivity index (χ4v) is 4.43. The normalized spacial score (nSPS) is 11.9.